The van der Waals surface area contributed by atoms with Crippen molar-refractivity contribution >= 4 is 46.1 Å². The number of hydrogen-bond acceptors (Lipinski definition) is 6. The van der Waals surface area contributed by atoms with Gasteiger partial charge in [-0.15, -0.1) is 0 Å². The maximum Gasteiger partial charge on any atom is 0.335 e. The van der Waals surface area contributed by atoms with Gasteiger partial charge < -0.3 is 20.5 Å². The predicted molar refractivity (Wildman–Crippen MR) is 106 cm³/mol. The molecule has 0 bridgehead atoms. The number of benzene rings is 2. The number of nitrogens with zero attached hydrogens (tertiary/aromatic N) is 1. The summed E-state index contributed by atoms with van der Waals surface area (Å²) in [4.78, 5) is 39.5. The summed E-state index contributed by atoms with van der Waals surface area (Å²) in [7, 11) is 1.54. The van der Waals surface area contributed by atoms with Gasteiger partial charge in [-0.25, -0.2) is 9.79 Å². The lowest BCUT2D eigenvalue weighted by Crippen LogP contribution is -2.28. The van der Waals surface area contributed by atoms with Crippen LogP contribution < -0.4 is 15.4 Å². The van der Waals surface area contributed by atoms with E-state index in [0.717, 1.165) is 11.8 Å². The van der Waals surface area contributed by atoms with Crippen molar-refractivity contribution in [3.63, 3.8) is 0 Å². The first-order chi connectivity index (χ1) is 13.4. The van der Waals surface area contributed by atoms with Crippen molar-refractivity contribution in [2.75, 3.05) is 12.4 Å². The lowest BCUT2D eigenvalue weighted by molar-refractivity contribution is -0.122. The van der Waals surface area contributed by atoms with Crippen LogP contribution in [0, 0.1) is 0 Å². The Morgan fingerprint density at radius 1 is 1.25 bits per heavy atom. The number of hydrogen-bond donors (Lipinski definition) is 3. The summed E-state index contributed by atoms with van der Waals surface area (Å²) >= 11 is 1.16. The number of aliphatic imine (C=N–C) groups is 1. The standard InChI is InChI=1S/C19H17N3O5S/c1-27-14-4-2-3-13(9-14)20-16(23)10-15-17(24)22-19(28-15)21-12-7-5-11(6-8-12)18(25)26/h2-9,15H,10H2,1H3,(H,20,23)(H,25,26)(H,21,22,24). The second kappa shape index (κ2) is 8.57. The van der Waals surface area contributed by atoms with Gasteiger partial charge in [-0.2, -0.15) is 0 Å². The molecule has 1 aliphatic heterocycles. The molecule has 1 saturated heterocycles. The Bertz CT molecular complexity index is 943. The van der Waals surface area contributed by atoms with E-state index < -0.39 is 11.2 Å². The lowest BCUT2D eigenvalue weighted by atomic mass is 10.2. The van der Waals surface area contributed by atoms with Crippen LogP contribution >= 0.6 is 11.8 Å². The zero-order valence-electron chi connectivity index (χ0n) is 14.8. The highest BCUT2D eigenvalue weighted by molar-refractivity contribution is 8.15. The summed E-state index contributed by atoms with van der Waals surface area (Å²) < 4.78 is 5.11. The van der Waals surface area contributed by atoms with Gasteiger partial charge in [0.25, 0.3) is 0 Å². The molecular weight excluding hydrogens is 382 g/mol. The van der Waals surface area contributed by atoms with E-state index in [0.29, 0.717) is 22.3 Å². The number of carboxylic acid groups (broad SMARTS) is 1. The van der Waals surface area contributed by atoms with Crippen LogP contribution in [0.1, 0.15) is 16.8 Å². The van der Waals surface area contributed by atoms with Crippen molar-refractivity contribution in [2.24, 2.45) is 4.99 Å². The van der Waals surface area contributed by atoms with E-state index in [1.807, 2.05) is 0 Å². The highest BCUT2D eigenvalue weighted by atomic mass is 32.2. The fourth-order valence-corrected chi connectivity index (χ4v) is 3.46. The van der Waals surface area contributed by atoms with Gasteiger partial charge in [-0.05, 0) is 36.4 Å². The number of methoxy groups -OCH3 is 1. The Morgan fingerprint density at radius 3 is 2.68 bits per heavy atom. The van der Waals surface area contributed by atoms with Crippen LogP contribution in [0.5, 0.6) is 5.75 Å². The molecule has 2 aromatic carbocycles. The largest absolute Gasteiger partial charge is 0.497 e. The van der Waals surface area contributed by atoms with Gasteiger partial charge in [0.05, 0.1) is 18.4 Å². The summed E-state index contributed by atoms with van der Waals surface area (Å²) in [6.45, 7) is 0. The molecule has 9 heteroatoms. The lowest BCUT2D eigenvalue weighted by Gasteiger charge is -2.08. The van der Waals surface area contributed by atoms with Crippen LogP contribution in [0.4, 0.5) is 11.4 Å². The molecule has 1 fully saturated rings. The Kier molecular flexibility index (Phi) is 5.95. The Balaban J connectivity index is 1.60. The first-order valence-electron chi connectivity index (χ1n) is 8.28. The molecule has 1 heterocycles. The molecule has 1 aliphatic rings. The average Bonchev–Trinajstić information content (AvgIpc) is 3.01. The van der Waals surface area contributed by atoms with E-state index in [-0.39, 0.29) is 23.8 Å². The number of anilines is 1. The van der Waals surface area contributed by atoms with E-state index in [1.165, 1.54) is 19.2 Å². The fraction of sp³-hybridized carbons (Fsp3) is 0.158. The number of nitrogens with one attached hydrogen (secondary N) is 2. The van der Waals surface area contributed by atoms with Crippen LogP contribution in [0.15, 0.2) is 53.5 Å². The second-order valence-electron chi connectivity index (χ2n) is 5.85. The Labute approximate surface area is 165 Å². The van der Waals surface area contributed by atoms with Crippen molar-refractivity contribution in [2.45, 2.75) is 11.7 Å². The summed E-state index contributed by atoms with van der Waals surface area (Å²) in [6, 6.07) is 12.9. The number of aromatic carboxylic acids is 1. The van der Waals surface area contributed by atoms with E-state index in [9.17, 15) is 14.4 Å². The van der Waals surface area contributed by atoms with Crippen LogP contribution in [0.25, 0.3) is 0 Å². The van der Waals surface area contributed by atoms with Gasteiger partial charge in [-0.3, -0.25) is 9.59 Å². The van der Waals surface area contributed by atoms with E-state index in [2.05, 4.69) is 15.6 Å². The zero-order valence-corrected chi connectivity index (χ0v) is 15.7. The summed E-state index contributed by atoms with van der Waals surface area (Å²) in [5, 5.41) is 14.1. The molecule has 0 spiro atoms. The number of carbonyl (C=O) groups is 3. The van der Waals surface area contributed by atoms with Crippen molar-refractivity contribution in [1.29, 1.82) is 0 Å². The van der Waals surface area contributed by atoms with Gasteiger partial charge in [0.2, 0.25) is 11.8 Å². The van der Waals surface area contributed by atoms with E-state index >= 15 is 0 Å². The van der Waals surface area contributed by atoms with Crippen LogP contribution in [0.3, 0.4) is 0 Å². The number of carbonyl (C=O) groups excluding carboxylic acids is 2. The summed E-state index contributed by atoms with van der Waals surface area (Å²) in [6.07, 6.45) is -0.00924. The third kappa shape index (κ3) is 4.89. The van der Waals surface area contributed by atoms with Gasteiger partial charge in [0.15, 0.2) is 5.17 Å². The fourth-order valence-electron chi connectivity index (χ4n) is 2.47. The minimum absolute atomic E-state index is 0.00924. The highest BCUT2D eigenvalue weighted by Crippen LogP contribution is 2.26. The molecule has 28 heavy (non-hydrogen) atoms. The minimum atomic E-state index is -1.02. The summed E-state index contributed by atoms with van der Waals surface area (Å²) in [5.41, 5.74) is 1.24. The SMILES string of the molecule is COc1cccc(NC(=O)CC2S/C(=N/c3ccc(C(=O)O)cc3)NC2=O)c1. The minimum Gasteiger partial charge on any atom is -0.497 e. The monoisotopic (exact) mass is 399 g/mol. The smallest absolute Gasteiger partial charge is 0.335 e. The third-order valence-electron chi connectivity index (χ3n) is 3.85. The molecule has 2 aromatic rings. The third-order valence-corrected chi connectivity index (χ3v) is 4.93. The number of rotatable bonds is 6. The number of ether oxygens (including phenoxy) is 1. The second-order valence-corrected chi connectivity index (χ2v) is 7.04. The van der Waals surface area contributed by atoms with Crippen molar-refractivity contribution in [3.05, 3.63) is 54.1 Å². The number of thioether (sulfide) groups is 1. The van der Waals surface area contributed by atoms with Crippen LogP contribution in [0.2, 0.25) is 0 Å². The Morgan fingerprint density at radius 2 is 2.00 bits per heavy atom. The molecule has 0 aliphatic carbocycles. The number of carboxylic acids is 1. The molecule has 1 unspecified atom stereocenters. The average molecular weight is 399 g/mol. The number of amidine groups is 1. The number of amides is 2. The van der Waals surface area contributed by atoms with Gasteiger partial charge in [-0.1, -0.05) is 17.8 Å². The molecule has 8 nitrogen and oxygen atoms in total. The van der Waals surface area contributed by atoms with Crippen molar-refractivity contribution in [1.82, 2.24) is 5.32 Å². The quantitative estimate of drug-likeness (QED) is 0.687. The molecule has 0 aromatic heterocycles. The van der Waals surface area contributed by atoms with Gasteiger partial charge in [0.1, 0.15) is 11.0 Å². The zero-order chi connectivity index (χ0) is 20.1. The molecule has 3 rings (SSSR count). The van der Waals surface area contributed by atoms with Crippen LogP contribution in [-0.2, 0) is 9.59 Å². The van der Waals surface area contributed by atoms with Crippen molar-refractivity contribution < 1.29 is 24.2 Å². The molecule has 144 valence electrons. The topological polar surface area (TPSA) is 117 Å². The molecule has 0 radical (unpaired) electrons. The molecule has 0 saturated carbocycles. The highest BCUT2D eigenvalue weighted by Gasteiger charge is 2.32. The van der Waals surface area contributed by atoms with Crippen molar-refractivity contribution in [3.8, 4) is 5.75 Å². The first-order valence-corrected chi connectivity index (χ1v) is 9.16. The molecule has 2 amide bonds. The Hall–Kier alpha value is -3.33. The maximum absolute atomic E-state index is 12.2. The molecule has 1 atom stereocenters. The van der Waals surface area contributed by atoms with Gasteiger partial charge >= 0.3 is 5.97 Å². The normalized spacial score (nSPS) is 17.2. The molecular formula is C19H17N3O5S. The van der Waals surface area contributed by atoms with Gasteiger partial charge in [0, 0.05) is 18.2 Å². The predicted octanol–water partition coefficient (Wildman–Crippen LogP) is 2.64. The van der Waals surface area contributed by atoms with E-state index in [1.54, 1.807) is 36.4 Å². The molecule has 3 N–H and O–H groups in total. The summed E-state index contributed by atoms with van der Waals surface area (Å²) in [5.74, 6) is -1.00. The maximum atomic E-state index is 12.2. The first kappa shape index (κ1) is 19.4. The van der Waals surface area contributed by atoms with Crippen LogP contribution in [-0.4, -0.2) is 40.4 Å². The van der Waals surface area contributed by atoms with E-state index in [4.69, 9.17) is 9.84 Å².